The van der Waals surface area contributed by atoms with Gasteiger partial charge in [0.05, 0.1) is 88.7 Å². The summed E-state index contributed by atoms with van der Waals surface area (Å²) in [5.41, 5.74) is 15.7. The zero-order chi connectivity index (χ0) is 64.5. The summed E-state index contributed by atoms with van der Waals surface area (Å²) in [5, 5.41) is 24.7. The summed E-state index contributed by atoms with van der Waals surface area (Å²) in [4.78, 5) is 0. The zero-order valence-electron chi connectivity index (χ0n) is 52.1. The van der Waals surface area contributed by atoms with Crippen LogP contribution in [-0.2, 0) is 6.18 Å². The third-order valence-corrected chi connectivity index (χ3v) is 20.4. The van der Waals surface area contributed by atoms with Gasteiger partial charge in [0.25, 0.3) is 0 Å². The molecule has 20 rings (SSSR count). The first-order valence-corrected chi connectivity index (χ1v) is 32.5. The first-order chi connectivity index (χ1) is 47.7. The van der Waals surface area contributed by atoms with Crippen molar-refractivity contribution in [1.29, 1.82) is 5.26 Å². The lowest BCUT2D eigenvalue weighted by atomic mass is 9.91. The Labute approximate surface area is 552 Å². The maximum atomic E-state index is 16.5. The van der Waals surface area contributed by atoms with Crippen molar-refractivity contribution in [3.05, 3.63) is 314 Å². The fraction of sp³-hybridized carbons (Fsp3) is 0.0230. The predicted molar refractivity (Wildman–Crippen MR) is 392 cm³/mol. The molecule has 456 valence electrons. The summed E-state index contributed by atoms with van der Waals surface area (Å²) < 4.78 is 62.8. The average molecular weight is 1250 g/mol. The number of fused-ring (bicyclic) bond motifs is 18. The minimum absolute atomic E-state index is 0.0144. The molecule has 7 nitrogen and oxygen atoms in total. The van der Waals surface area contributed by atoms with E-state index >= 15 is 13.2 Å². The van der Waals surface area contributed by atoms with Crippen LogP contribution < -0.4 is 0 Å². The molecule has 97 heavy (non-hydrogen) atoms. The molecular weight excluding hydrogens is 1200 g/mol. The van der Waals surface area contributed by atoms with E-state index in [2.05, 4.69) is 300 Å². The Bertz CT molecular complexity index is 6290. The molecular formula is C87H52F3N7. The molecule has 0 aliphatic carbocycles. The van der Waals surface area contributed by atoms with E-state index in [0.717, 1.165) is 154 Å². The Morgan fingerprint density at radius 3 is 0.814 bits per heavy atom. The van der Waals surface area contributed by atoms with E-state index in [0.29, 0.717) is 22.5 Å². The Kier molecular flexibility index (Phi) is 11.5. The number of hydrogen-bond donors (Lipinski definition) is 0. The normalized spacial score (nSPS) is 12.3. The lowest BCUT2D eigenvalue weighted by molar-refractivity contribution is -0.137. The van der Waals surface area contributed by atoms with Crippen molar-refractivity contribution < 1.29 is 13.2 Å². The smallest absolute Gasteiger partial charge is 0.309 e. The minimum Gasteiger partial charge on any atom is -0.309 e. The van der Waals surface area contributed by atoms with Crippen molar-refractivity contribution >= 4 is 131 Å². The van der Waals surface area contributed by atoms with Crippen molar-refractivity contribution in [3.8, 4) is 51.3 Å². The lowest BCUT2D eigenvalue weighted by Gasteiger charge is -2.23. The lowest BCUT2D eigenvalue weighted by Crippen LogP contribution is -2.11. The summed E-state index contributed by atoms with van der Waals surface area (Å²) in [5.74, 6) is 0. The van der Waals surface area contributed by atoms with Gasteiger partial charge in [0, 0.05) is 92.9 Å². The maximum Gasteiger partial charge on any atom is 0.417 e. The van der Waals surface area contributed by atoms with Crippen LogP contribution in [0.5, 0.6) is 0 Å². The van der Waals surface area contributed by atoms with Gasteiger partial charge >= 0.3 is 6.18 Å². The number of nitrogens with zero attached hydrogens (tertiary/aromatic N) is 7. The Morgan fingerprint density at radius 1 is 0.268 bits per heavy atom. The van der Waals surface area contributed by atoms with Crippen LogP contribution in [0.25, 0.3) is 176 Å². The second-order valence-electron chi connectivity index (χ2n) is 25.4. The van der Waals surface area contributed by atoms with Gasteiger partial charge in [0.1, 0.15) is 6.07 Å². The Hall–Kier alpha value is -12.8. The zero-order valence-corrected chi connectivity index (χ0v) is 52.1. The van der Waals surface area contributed by atoms with Gasteiger partial charge in [-0.2, -0.15) is 18.4 Å². The van der Waals surface area contributed by atoms with Crippen LogP contribution >= 0.6 is 0 Å². The largest absolute Gasteiger partial charge is 0.417 e. The molecule has 0 aliphatic rings. The number of aryl methyl sites for hydroxylation is 1. The molecule has 0 radical (unpaired) electrons. The molecule has 0 amide bonds. The van der Waals surface area contributed by atoms with Crippen LogP contribution in [0.15, 0.2) is 297 Å². The molecule has 10 heteroatoms. The number of aromatic nitrogens is 6. The second-order valence-corrected chi connectivity index (χ2v) is 25.4. The molecule has 0 fully saturated rings. The first kappa shape index (κ1) is 54.7. The number of para-hydroxylation sites is 8. The van der Waals surface area contributed by atoms with E-state index in [1.165, 1.54) is 12.1 Å². The SMILES string of the molecule is Cc1cccc(C(F)(F)F)c1-c1cc(-n2c3cc(-n4c5ccccc5c5ccccc54)ccc3c3ccc(-n4c5ccccc5c5ccccc54)cc32)c(C#N)cc1-n1c2cc(-n3c4ccccc4c4ccccc43)ccc2c2ccc(-n3c4ccccc4c4ccccc43)cc21. The minimum atomic E-state index is -4.79. The van der Waals surface area contributed by atoms with Crippen molar-refractivity contribution in [1.82, 2.24) is 27.4 Å². The van der Waals surface area contributed by atoms with E-state index in [1.807, 2.05) is 12.1 Å². The highest BCUT2D eigenvalue weighted by Crippen LogP contribution is 2.48. The van der Waals surface area contributed by atoms with Gasteiger partial charge in [0.15, 0.2) is 0 Å². The highest BCUT2D eigenvalue weighted by Gasteiger charge is 2.36. The summed E-state index contributed by atoms with van der Waals surface area (Å²) in [6.45, 7) is 1.76. The van der Waals surface area contributed by atoms with Crippen molar-refractivity contribution in [2.24, 2.45) is 0 Å². The molecule has 0 unspecified atom stereocenters. The third-order valence-electron chi connectivity index (χ3n) is 20.4. The van der Waals surface area contributed by atoms with Crippen LogP contribution in [0.3, 0.4) is 0 Å². The molecule has 0 bridgehead atoms. The molecule has 0 spiro atoms. The predicted octanol–water partition coefficient (Wildman–Crippen LogP) is 23.1. The number of nitriles is 1. The van der Waals surface area contributed by atoms with E-state index < -0.39 is 11.7 Å². The molecule has 0 saturated carbocycles. The number of benzene rings is 14. The van der Waals surface area contributed by atoms with Gasteiger partial charge in [0.2, 0.25) is 0 Å². The van der Waals surface area contributed by atoms with Gasteiger partial charge in [-0.15, -0.1) is 0 Å². The highest BCUT2D eigenvalue weighted by molar-refractivity contribution is 6.17. The fourth-order valence-corrected chi connectivity index (χ4v) is 16.4. The molecule has 20 aromatic rings. The van der Waals surface area contributed by atoms with Crippen LogP contribution in [-0.4, -0.2) is 27.4 Å². The highest BCUT2D eigenvalue weighted by atomic mass is 19.4. The molecule has 0 N–H and O–H groups in total. The van der Waals surface area contributed by atoms with Gasteiger partial charge in [-0.05, 0) is 133 Å². The van der Waals surface area contributed by atoms with Crippen molar-refractivity contribution in [2.45, 2.75) is 13.1 Å². The monoisotopic (exact) mass is 1250 g/mol. The van der Waals surface area contributed by atoms with E-state index in [-0.39, 0.29) is 11.1 Å². The summed E-state index contributed by atoms with van der Waals surface area (Å²) in [6.07, 6.45) is -4.79. The molecule has 6 heterocycles. The fourth-order valence-electron chi connectivity index (χ4n) is 16.4. The van der Waals surface area contributed by atoms with Gasteiger partial charge in [-0.3, -0.25) is 0 Å². The summed E-state index contributed by atoms with van der Waals surface area (Å²) >= 11 is 0. The van der Waals surface area contributed by atoms with Crippen molar-refractivity contribution in [3.63, 3.8) is 0 Å². The maximum absolute atomic E-state index is 16.5. The van der Waals surface area contributed by atoms with Crippen LogP contribution in [0.4, 0.5) is 13.2 Å². The van der Waals surface area contributed by atoms with Gasteiger partial charge < -0.3 is 27.4 Å². The first-order valence-electron chi connectivity index (χ1n) is 32.5. The Balaban J connectivity index is 0.935. The molecule has 0 saturated heterocycles. The topological polar surface area (TPSA) is 53.4 Å². The van der Waals surface area contributed by atoms with E-state index in [9.17, 15) is 5.26 Å². The van der Waals surface area contributed by atoms with E-state index in [4.69, 9.17) is 0 Å². The van der Waals surface area contributed by atoms with Crippen molar-refractivity contribution in [2.75, 3.05) is 0 Å². The summed E-state index contributed by atoms with van der Waals surface area (Å²) in [7, 11) is 0. The average Bonchev–Trinajstić information content (AvgIpc) is 1.59. The number of rotatable bonds is 7. The number of alkyl halides is 3. The molecule has 0 aliphatic heterocycles. The Morgan fingerprint density at radius 2 is 0.536 bits per heavy atom. The molecule has 0 atom stereocenters. The van der Waals surface area contributed by atoms with Gasteiger partial charge in [-0.1, -0.05) is 182 Å². The number of halogens is 3. The standard InChI is InChI=1S/C87H52F3N7/c1-52-19-18-28-71(87(88,89)90)86(52)70-50-80(96-82-46-54(92-72-29-10-2-20-58(72)59-21-3-11-30-73(59)92)37-41-66(82)67-42-38-55(47-83(67)96)93-74-31-12-4-22-60(74)61-23-5-13-32-75(61)93)53(51-91)45-81(70)97-84-48-56(94-76-33-14-6-24-62(76)63-25-7-15-34-77(63)94)39-43-68(84)69-44-40-57(49-85(69)97)95-78-35-16-8-26-64(78)65-27-9-17-36-79(65)95/h2-50H,1H3. The second kappa shape index (κ2) is 20.3. The number of hydrogen-bond acceptors (Lipinski definition) is 1. The van der Waals surface area contributed by atoms with Crippen LogP contribution in [0.2, 0.25) is 0 Å². The molecule has 14 aromatic carbocycles. The van der Waals surface area contributed by atoms with Crippen LogP contribution in [0.1, 0.15) is 16.7 Å². The molecule has 6 aromatic heterocycles. The summed E-state index contributed by atoms with van der Waals surface area (Å²) in [6, 6.07) is 104. The third kappa shape index (κ3) is 7.79. The quantitative estimate of drug-likeness (QED) is 0.157. The van der Waals surface area contributed by atoms with Gasteiger partial charge in [-0.25, -0.2) is 0 Å². The van der Waals surface area contributed by atoms with E-state index in [1.54, 1.807) is 13.0 Å². The van der Waals surface area contributed by atoms with Crippen LogP contribution in [0, 0.1) is 18.3 Å².